The topological polar surface area (TPSA) is 146 Å². The molecule has 4 rings (SSSR count). The zero-order chi connectivity index (χ0) is 30.9. The van der Waals surface area contributed by atoms with Crippen LogP contribution in [0.3, 0.4) is 0 Å². The number of thiazole rings is 1. The first-order valence-electron chi connectivity index (χ1n) is 13.9. The molecular formula is C30H39N5O6S. The molecular weight excluding hydrogens is 558 g/mol. The van der Waals surface area contributed by atoms with Gasteiger partial charge in [-0.3, -0.25) is 9.59 Å². The minimum Gasteiger partial charge on any atom is -0.496 e. The quantitative estimate of drug-likeness (QED) is 0.389. The third kappa shape index (κ3) is 6.59. The van der Waals surface area contributed by atoms with Gasteiger partial charge in [0.2, 0.25) is 11.8 Å². The van der Waals surface area contributed by atoms with Gasteiger partial charge in [-0.2, -0.15) is 0 Å². The van der Waals surface area contributed by atoms with Gasteiger partial charge in [0, 0.05) is 28.3 Å². The molecule has 226 valence electrons. The highest BCUT2D eigenvalue weighted by Crippen LogP contribution is 2.38. The zero-order valence-electron chi connectivity index (χ0n) is 25.3. The Balaban J connectivity index is 1.66. The van der Waals surface area contributed by atoms with Crippen molar-refractivity contribution in [2.75, 3.05) is 20.2 Å². The number of carbonyl (C=O) groups excluding carboxylic acids is 3. The maximum atomic E-state index is 13.2. The molecule has 42 heavy (non-hydrogen) atoms. The van der Waals surface area contributed by atoms with Crippen molar-refractivity contribution in [2.24, 2.45) is 11.7 Å². The Morgan fingerprint density at radius 1 is 1.19 bits per heavy atom. The minimum atomic E-state index is -0.912. The Labute approximate surface area is 249 Å². The van der Waals surface area contributed by atoms with Crippen molar-refractivity contribution in [3.8, 4) is 22.2 Å². The summed E-state index contributed by atoms with van der Waals surface area (Å²) < 4.78 is 17.3. The molecule has 1 fully saturated rings. The third-order valence-electron chi connectivity index (χ3n) is 7.17. The smallest absolute Gasteiger partial charge is 0.408 e. The molecule has 1 aliphatic rings. The van der Waals surface area contributed by atoms with Crippen LogP contribution in [-0.2, 0) is 14.3 Å². The predicted octanol–water partition coefficient (Wildman–Crippen LogP) is 4.40. The summed E-state index contributed by atoms with van der Waals surface area (Å²) in [6.07, 6.45) is -1.28. The van der Waals surface area contributed by atoms with Crippen LogP contribution in [0.2, 0.25) is 0 Å². The fourth-order valence-electron chi connectivity index (χ4n) is 4.98. The number of nitrogens with two attached hydrogens (primary N) is 1. The van der Waals surface area contributed by atoms with Crippen molar-refractivity contribution in [2.45, 2.75) is 72.1 Å². The lowest BCUT2D eigenvalue weighted by atomic mass is 9.99. The first-order valence-corrected chi connectivity index (χ1v) is 14.7. The van der Waals surface area contributed by atoms with Gasteiger partial charge in [0.15, 0.2) is 0 Å². The Hall–Kier alpha value is -3.93. The standard InChI is InChI=1S/C30H39N5O6S/c1-15(2)20-14-42-28(34-20)19-11-22(18-9-10-21(39-8)16(3)25(18)33-19)40-23-13-35(26(17(23)4)27(31)37)24(36)12-32-29(38)41-30(5,6)7/h9-11,14-15,17,23,26H,12-13H2,1-8H3,(H2,31,37)(H,32,38)/t17-,23+,26+/m1/s1. The fourth-order valence-corrected chi connectivity index (χ4v) is 5.92. The summed E-state index contributed by atoms with van der Waals surface area (Å²) in [6.45, 7) is 12.9. The number of ether oxygens (including phenoxy) is 3. The van der Waals surface area contributed by atoms with Crippen LogP contribution in [0.1, 0.15) is 58.7 Å². The van der Waals surface area contributed by atoms with E-state index < -0.39 is 41.6 Å². The molecule has 3 N–H and O–H groups in total. The highest BCUT2D eigenvalue weighted by molar-refractivity contribution is 7.13. The van der Waals surface area contributed by atoms with E-state index in [9.17, 15) is 14.4 Å². The van der Waals surface area contributed by atoms with Crippen LogP contribution in [0, 0.1) is 12.8 Å². The van der Waals surface area contributed by atoms with E-state index in [0.29, 0.717) is 22.7 Å². The number of benzene rings is 1. The number of amides is 3. The van der Waals surface area contributed by atoms with Crippen LogP contribution < -0.4 is 20.5 Å². The van der Waals surface area contributed by atoms with Gasteiger partial charge in [0.05, 0.1) is 24.9 Å². The number of primary amides is 1. The number of aromatic nitrogens is 2. The molecule has 0 saturated carbocycles. The molecule has 3 amide bonds. The van der Waals surface area contributed by atoms with Gasteiger partial charge in [0.1, 0.15) is 46.5 Å². The number of methoxy groups -OCH3 is 1. The maximum Gasteiger partial charge on any atom is 0.408 e. The van der Waals surface area contributed by atoms with Crippen molar-refractivity contribution < 1.29 is 28.6 Å². The summed E-state index contributed by atoms with van der Waals surface area (Å²) in [7, 11) is 1.61. The van der Waals surface area contributed by atoms with Gasteiger partial charge < -0.3 is 30.2 Å². The van der Waals surface area contributed by atoms with E-state index in [1.807, 2.05) is 37.4 Å². The molecule has 11 nitrogen and oxygen atoms in total. The molecule has 1 saturated heterocycles. The third-order valence-corrected chi connectivity index (χ3v) is 8.05. The lowest BCUT2D eigenvalue weighted by Crippen LogP contribution is -2.49. The lowest BCUT2D eigenvalue weighted by Gasteiger charge is -2.24. The molecule has 0 spiro atoms. The average molecular weight is 598 g/mol. The zero-order valence-corrected chi connectivity index (χ0v) is 26.1. The molecule has 12 heteroatoms. The second-order valence-corrected chi connectivity index (χ2v) is 12.6. The molecule has 1 aromatic carbocycles. The van der Waals surface area contributed by atoms with E-state index in [-0.39, 0.29) is 19.0 Å². The Morgan fingerprint density at radius 3 is 2.50 bits per heavy atom. The van der Waals surface area contributed by atoms with Crippen molar-refractivity contribution in [1.82, 2.24) is 20.2 Å². The first kappa shape index (κ1) is 31.0. The van der Waals surface area contributed by atoms with E-state index >= 15 is 0 Å². The summed E-state index contributed by atoms with van der Waals surface area (Å²) in [6, 6.07) is 4.67. The normalized spacial score (nSPS) is 18.8. The highest BCUT2D eigenvalue weighted by Gasteiger charge is 2.46. The summed E-state index contributed by atoms with van der Waals surface area (Å²) in [5.41, 5.74) is 8.21. The van der Waals surface area contributed by atoms with E-state index in [1.54, 1.807) is 27.9 Å². The van der Waals surface area contributed by atoms with Crippen LogP contribution in [0.15, 0.2) is 23.6 Å². The Kier molecular flexibility index (Phi) is 8.95. The average Bonchev–Trinajstić information content (AvgIpc) is 3.52. The molecule has 2 aromatic heterocycles. The lowest BCUT2D eigenvalue weighted by molar-refractivity contribution is -0.137. The van der Waals surface area contributed by atoms with Crippen molar-refractivity contribution >= 4 is 40.1 Å². The molecule has 3 atom stereocenters. The van der Waals surface area contributed by atoms with Crippen LogP contribution in [0.4, 0.5) is 4.79 Å². The van der Waals surface area contributed by atoms with Crippen molar-refractivity contribution in [1.29, 1.82) is 0 Å². The molecule has 0 radical (unpaired) electrons. The molecule has 1 aliphatic heterocycles. The largest absolute Gasteiger partial charge is 0.496 e. The van der Waals surface area contributed by atoms with Crippen LogP contribution in [0.25, 0.3) is 21.6 Å². The van der Waals surface area contributed by atoms with E-state index in [4.69, 9.17) is 29.9 Å². The van der Waals surface area contributed by atoms with E-state index in [2.05, 4.69) is 19.2 Å². The number of nitrogens with zero attached hydrogens (tertiary/aromatic N) is 3. The number of rotatable bonds is 8. The first-order chi connectivity index (χ1) is 19.7. The summed E-state index contributed by atoms with van der Waals surface area (Å²) >= 11 is 1.51. The number of hydrogen-bond acceptors (Lipinski definition) is 9. The number of carbonyl (C=O) groups is 3. The molecule has 0 unspecified atom stereocenters. The number of fused-ring (bicyclic) bond motifs is 1. The highest BCUT2D eigenvalue weighted by atomic mass is 32.1. The number of pyridine rings is 1. The fraction of sp³-hybridized carbons (Fsp3) is 0.500. The monoisotopic (exact) mass is 597 g/mol. The second-order valence-electron chi connectivity index (χ2n) is 11.8. The summed E-state index contributed by atoms with van der Waals surface area (Å²) in [5, 5.41) is 6.00. The van der Waals surface area contributed by atoms with Gasteiger partial charge in [-0.25, -0.2) is 14.8 Å². The van der Waals surface area contributed by atoms with Crippen LogP contribution in [0.5, 0.6) is 11.5 Å². The predicted molar refractivity (Wildman–Crippen MR) is 161 cm³/mol. The Morgan fingerprint density at radius 2 is 1.90 bits per heavy atom. The molecule has 3 heterocycles. The van der Waals surface area contributed by atoms with Gasteiger partial charge in [-0.1, -0.05) is 20.8 Å². The number of hydrogen-bond donors (Lipinski definition) is 2. The molecule has 0 bridgehead atoms. The Bertz CT molecular complexity index is 1500. The number of alkyl carbamates (subject to hydrolysis) is 1. The molecule has 0 aliphatic carbocycles. The number of aryl methyl sites for hydroxylation is 1. The van der Waals surface area contributed by atoms with Crippen LogP contribution >= 0.6 is 11.3 Å². The number of nitrogens with one attached hydrogen (secondary N) is 1. The number of likely N-dealkylation sites (tertiary alicyclic amines) is 1. The van der Waals surface area contributed by atoms with Crippen molar-refractivity contribution in [3.05, 3.63) is 34.8 Å². The van der Waals surface area contributed by atoms with Crippen LogP contribution in [-0.4, -0.2) is 70.7 Å². The van der Waals surface area contributed by atoms with E-state index in [0.717, 1.165) is 21.7 Å². The van der Waals surface area contributed by atoms with Gasteiger partial charge in [0.25, 0.3) is 0 Å². The molecule has 3 aromatic rings. The second kappa shape index (κ2) is 12.1. The summed E-state index contributed by atoms with van der Waals surface area (Å²) in [5.74, 6) is -0.0324. The van der Waals surface area contributed by atoms with E-state index in [1.165, 1.54) is 16.2 Å². The maximum absolute atomic E-state index is 13.2. The van der Waals surface area contributed by atoms with Gasteiger partial charge in [-0.05, 0) is 45.7 Å². The van der Waals surface area contributed by atoms with Crippen molar-refractivity contribution in [3.63, 3.8) is 0 Å². The van der Waals surface area contributed by atoms with Gasteiger partial charge >= 0.3 is 6.09 Å². The van der Waals surface area contributed by atoms with Gasteiger partial charge in [-0.15, -0.1) is 11.3 Å². The SMILES string of the molecule is COc1ccc2c(O[C@H]3CN(C(=O)CNC(=O)OC(C)(C)C)[C@H](C(N)=O)[C@@H]3C)cc(-c3nc(C(C)C)cs3)nc2c1C. The summed E-state index contributed by atoms with van der Waals surface area (Å²) in [4.78, 5) is 48.9. The minimum absolute atomic E-state index is 0.104.